The number of esters is 1. The highest BCUT2D eigenvalue weighted by molar-refractivity contribution is 5.78. The lowest BCUT2D eigenvalue weighted by molar-refractivity contribution is -0.158. The lowest BCUT2D eigenvalue weighted by Gasteiger charge is -2.20. The van der Waals surface area contributed by atoms with Crippen LogP contribution in [0.5, 0.6) is 5.88 Å². The van der Waals surface area contributed by atoms with Gasteiger partial charge in [-0.15, -0.1) is 0 Å². The molecule has 37 heavy (non-hydrogen) atoms. The van der Waals surface area contributed by atoms with E-state index in [9.17, 15) is 4.79 Å². The van der Waals surface area contributed by atoms with Gasteiger partial charge in [-0.05, 0) is 58.4 Å². The Kier molecular flexibility index (Phi) is 21.0. The number of rotatable bonds is 5. The minimum absolute atomic E-state index is 0. The first kappa shape index (κ1) is 40.9. The second-order valence-electron chi connectivity index (χ2n) is 9.00. The lowest BCUT2D eigenvalue weighted by atomic mass is 10.1. The number of para-hydroxylation sites is 2. The van der Waals surface area contributed by atoms with E-state index in [2.05, 4.69) is 9.97 Å². The maximum atomic E-state index is 10.9. The lowest BCUT2D eigenvalue weighted by Crippen LogP contribution is -2.26. The molecule has 0 saturated carbocycles. The second-order valence-corrected chi connectivity index (χ2v) is 9.00. The number of carbonyl (C=O) groups excluding carboxylic acids is 1. The fourth-order valence-electron chi connectivity index (χ4n) is 2.57. The van der Waals surface area contributed by atoms with Crippen LogP contribution < -0.4 is 4.74 Å². The molecule has 0 unspecified atom stereocenters. The Morgan fingerprint density at radius 1 is 0.757 bits per heavy atom. The highest BCUT2D eigenvalue weighted by atomic mass is 16.6. The Hall–Kier alpha value is -3.21. The van der Waals surface area contributed by atoms with Gasteiger partial charge in [0.15, 0.2) is 0 Å². The molecule has 5 heteroatoms. The van der Waals surface area contributed by atoms with Gasteiger partial charge < -0.3 is 9.47 Å². The van der Waals surface area contributed by atoms with Crippen molar-refractivity contribution >= 4 is 29.2 Å². The van der Waals surface area contributed by atoms with E-state index in [1.54, 1.807) is 0 Å². The van der Waals surface area contributed by atoms with Gasteiger partial charge in [0.1, 0.15) is 11.3 Å². The van der Waals surface area contributed by atoms with Crippen LogP contribution in [-0.2, 0) is 9.53 Å². The highest BCUT2D eigenvalue weighted by Gasteiger charge is 2.18. The molecule has 210 valence electrons. The first-order valence-electron chi connectivity index (χ1n) is 10.9. The topological polar surface area (TPSA) is 61.3 Å². The van der Waals surface area contributed by atoms with Crippen LogP contribution in [0.2, 0.25) is 0 Å². The monoisotopic (exact) mass is 514 g/mol. The zero-order valence-corrected chi connectivity index (χ0v) is 20.1. The SMILES string of the molecule is C.C.C.C.C.CC(C)C(=O)OC(C)(C)C.CC(C)Oc1nc2ccccc2nc1/C=C/c1ccccc1. The Morgan fingerprint density at radius 2 is 1.24 bits per heavy atom. The summed E-state index contributed by atoms with van der Waals surface area (Å²) in [4.78, 5) is 20.2. The molecule has 0 atom stereocenters. The number of fused-ring (bicyclic) bond motifs is 1. The van der Waals surface area contributed by atoms with E-state index in [0.717, 1.165) is 22.3 Å². The minimum atomic E-state index is -0.346. The smallest absolute Gasteiger partial charge is 0.308 e. The molecule has 3 rings (SSSR count). The molecule has 0 spiro atoms. The molecule has 0 saturated heterocycles. The molecule has 2 aromatic carbocycles. The Bertz CT molecular complexity index is 1040. The number of hydrogen-bond donors (Lipinski definition) is 0. The Labute approximate surface area is 228 Å². The van der Waals surface area contributed by atoms with Crippen LogP contribution in [0.4, 0.5) is 0 Å². The largest absolute Gasteiger partial charge is 0.473 e. The van der Waals surface area contributed by atoms with Gasteiger partial charge >= 0.3 is 5.97 Å². The van der Waals surface area contributed by atoms with Crippen molar-refractivity contribution in [2.75, 3.05) is 0 Å². The normalized spacial score (nSPS) is 9.97. The van der Waals surface area contributed by atoms with Gasteiger partial charge in [0.2, 0.25) is 5.88 Å². The predicted molar refractivity (Wildman–Crippen MR) is 165 cm³/mol. The number of nitrogens with zero attached hydrogens (tertiary/aromatic N) is 2. The summed E-state index contributed by atoms with van der Waals surface area (Å²) in [6, 6.07) is 17.9. The van der Waals surface area contributed by atoms with Gasteiger partial charge in [0.05, 0.1) is 23.1 Å². The van der Waals surface area contributed by atoms with E-state index < -0.39 is 0 Å². The van der Waals surface area contributed by atoms with Crippen LogP contribution in [0.1, 0.15) is 96.9 Å². The van der Waals surface area contributed by atoms with E-state index in [4.69, 9.17) is 9.47 Å². The van der Waals surface area contributed by atoms with E-state index >= 15 is 0 Å². The molecule has 3 aromatic rings. The van der Waals surface area contributed by atoms with E-state index in [0.29, 0.717) is 5.88 Å². The van der Waals surface area contributed by atoms with Crippen LogP contribution in [-0.4, -0.2) is 27.6 Å². The van der Waals surface area contributed by atoms with E-state index in [1.807, 2.05) is 115 Å². The average molecular weight is 515 g/mol. The van der Waals surface area contributed by atoms with E-state index in [-0.39, 0.29) is 60.7 Å². The number of benzene rings is 2. The minimum Gasteiger partial charge on any atom is -0.473 e. The maximum absolute atomic E-state index is 10.9. The second kappa shape index (κ2) is 19.0. The summed E-state index contributed by atoms with van der Waals surface area (Å²) in [5, 5.41) is 0. The fourth-order valence-corrected chi connectivity index (χ4v) is 2.57. The molecular formula is C32H54N2O3. The molecule has 5 nitrogen and oxygen atoms in total. The van der Waals surface area contributed by atoms with Gasteiger partial charge in [-0.25, -0.2) is 9.97 Å². The van der Waals surface area contributed by atoms with Gasteiger partial charge in [-0.1, -0.05) is 99.5 Å². The standard InChI is InChI=1S/C19H18N2O.C8H16O2.5CH4/c1-14(2)22-19-18(13-12-15-8-4-3-5-9-15)20-16-10-6-7-11-17(16)21-19;1-6(2)7(9)10-8(3,4)5;;;;;/h3-14H,1-2H3;6H,1-5H3;5*1H4/b13-12+;;;;;;. The van der Waals surface area contributed by atoms with Crippen molar-refractivity contribution < 1.29 is 14.3 Å². The molecule has 0 N–H and O–H groups in total. The first-order valence-corrected chi connectivity index (χ1v) is 10.9. The third-order valence-corrected chi connectivity index (χ3v) is 4.02. The zero-order valence-electron chi connectivity index (χ0n) is 20.1. The number of aromatic nitrogens is 2. The van der Waals surface area contributed by atoms with Crippen molar-refractivity contribution in [3.05, 3.63) is 65.9 Å². The number of carbonyl (C=O) groups is 1. The van der Waals surface area contributed by atoms with Crippen molar-refractivity contribution in [3.63, 3.8) is 0 Å². The molecule has 1 aromatic heterocycles. The van der Waals surface area contributed by atoms with Crippen molar-refractivity contribution in [2.45, 2.75) is 97.3 Å². The number of ether oxygens (including phenoxy) is 2. The third-order valence-electron chi connectivity index (χ3n) is 4.02. The maximum Gasteiger partial charge on any atom is 0.308 e. The summed E-state index contributed by atoms with van der Waals surface area (Å²) < 4.78 is 10.9. The molecule has 0 radical (unpaired) electrons. The van der Waals surface area contributed by atoms with Crippen LogP contribution in [0.15, 0.2) is 54.6 Å². The summed E-state index contributed by atoms with van der Waals surface area (Å²) in [7, 11) is 0. The first-order chi connectivity index (χ1) is 15.0. The summed E-state index contributed by atoms with van der Waals surface area (Å²) in [5.74, 6) is 0.410. The van der Waals surface area contributed by atoms with Gasteiger partial charge in [0.25, 0.3) is 0 Å². The van der Waals surface area contributed by atoms with Crippen LogP contribution in [0.3, 0.4) is 0 Å². The molecule has 1 heterocycles. The van der Waals surface area contributed by atoms with Crippen molar-refractivity contribution in [1.29, 1.82) is 0 Å². The van der Waals surface area contributed by atoms with Gasteiger partial charge in [0, 0.05) is 0 Å². The number of hydrogen-bond acceptors (Lipinski definition) is 5. The van der Waals surface area contributed by atoms with Crippen LogP contribution >= 0.6 is 0 Å². The third kappa shape index (κ3) is 14.8. The van der Waals surface area contributed by atoms with Gasteiger partial charge in [-0.3, -0.25) is 4.79 Å². The van der Waals surface area contributed by atoms with Crippen molar-refractivity contribution in [1.82, 2.24) is 9.97 Å². The molecule has 0 aliphatic carbocycles. The summed E-state index contributed by atoms with van der Waals surface area (Å²) in [5.41, 5.74) is 3.23. The zero-order chi connectivity index (χ0) is 23.7. The van der Waals surface area contributed by atoms with Crippen molar-refractivity contribution in [3.8, 4) is 5.88 Å². The molecule has 0 aliphatic rings. The summed E-state index contributed by atoms with van der Waals surface area (Å²) >= 11 is 0. The molecule has 0 fully saturated rings. The molecule has 0 amide bonds. The van der Waals surface area contributed by atoms with E-state index in [1.165, 1.54) is 0 Å². The van der Waals surface area contributed by atoms with Crippen LogP contribution in [0, 0.1) is 5.92 Å². The Morgan fingerprint density at radius 3 is 1.68 bits per heavy atom. The molecule has 0 aliphatic heterocycles. The molecule has 0 bridgehead atoms. The summed E-state index contributed by atoms with van der Waals surface area (Å²) in [6.07, 6.45) is 4.03. The Balaban J connectivity index is -0.000000319. The fraction of sp³-hybridized carbons (Fsp3) is 0.469. The summed E-state index contributed by atoms with van der Waals surface area (Å²) in [6.45, 7) is 13.2. The molecular weight excluding hydrogens is 460 g/mol. The van der Waals surface area contributed by atoms with Gasteiger partial charge in [-0.2, -0.15) is 0 Å². The predicted octanol–water partition coefficient (Wildman–Crippen LogP) is 9.75. The average Bonchev–Trinajstić information content (AvgIpc) is 2.72. The van der Waals surface area contributed by atoms with Crippen molar-refractivity contribution in [2.24, 2.45) is 5.92 Å². The van der Waals surface area contributed by atoms with Crippen LogP contribution in [0.25, 0.3) is 23.2 Å². The highest BCUT2D eigenvalue weighted by Crippen LogP contribution is 2.22. The quantitative estimate of drug-likeness (QED) is 0.317.